The number of thiophene rings is 1. The maximum Gasteiger partial charge on any atom is 0.292 e. The number of nitrogens with one attached hydrogen (secondary N) is 1. The highest BCUT2D eigenvalue weighted by molar-refractivity contribution is 9.10. The summed E-state index contributed by atoms with van der Waals surface area (Å²) in [5.41, 5.74) is 1.18. The second-order valence-electron chi connectivity index (χ2n) is 3.41. The third-order valence-electron chi connectivity index (χ3n) is 2.20. The Labute approximate surface area is 106 Å². The van der Waals surface area contributed by atoms with Gasteiger partial charge >= 0.3 is 0 Å². The molecule has 0 aliphatic heterocycles. The van der Waals surface area contributed by atoms with E-state index in [0.717, 1.165) is 5.00 Å². The van der Waals surface area contributed by atoms with E-state index in [2.05, 4.69) is 21.2 Å². The minimum atomic E-state index is -0.230. The highest BCUT2D eigenvalue weighted by Crippen LogP contribution is 2.26. The van der Waals surface area contributed by atoms with Crippen molar-refractivity contribution in [2.75, 3.05) is 5.32 Å². The minimum absolute atomic E-state index is 0.230. The van der Waals surface area contributed by atoms with Crippen molar-refractivity contribution in [3.05, 3.63) is 39.1 Å². The van der Waals surface area contributed by atoms with Crippen molar-refractivity contribution in [1.29, 1.82) is 0 Å². The summed E-state index contributed by atoms with van der Waals surface area (Å²) >= 11 is 4.72. The molecule has 3 nitrogen and oxygen atoms in total. The Bertz CT molecular complexity index is 510. The number of anilines is 1. The molecular formula is C11H10BrNO2S. The van der Waals surface area contributed by atoms with Crippen LogP contribution in [0, 0.1) is 13.8 Å². The molecule has 5 heteroatoms. The molecule has 1 amide bonds. The van der Waals surface area contributed by atoms with Crippen molar-refractivity contribution in [2.45, 2.75) is 13.8 Å². The highest BCUT2D eigenvalue weighted by atomic mass is 79.9. The van der Waals surface area contributed by atoms with Crippen LogP contribution in [0.3, 0.4) is 0 Å². The van der Waals surface area contributed by atoms with Crippen LogP contribution in [-0.4, -0.2) is 5.91 Å². The molecule has 0 aromatic carbocycles. The summed E-state index contributed by atoms with van der Waals surface area (Å²) < 4.78 is 5.72. The number of hydrogen-bond donors (Lipinski definition) is 1. The minimum Gasteiger partial charge on any atom is -0.444 e. The molecule has 2 aromatic rings. The number of hydrogen-bond acceptors (Lipinski definition) is 3. The van der Waals surface area contributed by atoms with Gasteiger partial charge in [0.2, 0.25) is 0 Å². The van der Waals surface area contributed by atoms with Crippen molar-refractivity contribution in [1.82, 2.24) is 0 Å². The average Bonchev–Trinajstić information content (AvgIpc) is 2.75. The van der Waals surface area contributed by atoms with Crippen LogP contribution in [-0.2, 0) is 0 Å². The molecule has 84 valence electrons. The molecule has 0 unspecified atom stereocenters. The fourth-order valence-electron chi connectivity index (χ4n) is 1.24. The van der Waals surface area contributed by atoms with E-state index in [4.69, 9.17) is 4.42 Å². The van der Waals surface area contributed by atoms with Gasteiger partial charge in [0.1, 0.15) is 0 Å². The first kappa shape index (κ1) is 11.4. The summed E-state index contributed by atoms with van der Waals surface area (Å²) in [5.74, 6) is 0.0718. The molecule has 0 aliphatic rings. The first-order valence-electron chi connectivity index (χ1n) is 4.70. The largest absolute Gasteiger partial charge is 0.444 e. The number of furan rings is 1. The number of aryl methyl sites for hydroxylation is 2. The molecule has 16 heavy (non-hydrogen) atoms. The monoisotopic (exact) mass is 299 g/mol. The van der Waals surface area contributed by atoms with Gasteiger partial charge in [-0.25, -0.2) is 0 Å². The zero-order valence-electron chi connectivity index (χ0n) is 8.83. The Morgan fingerprint density at radius 2 is 2.19 bits per heavy atom. The molecule has 0 saturated carbocycles. The lowest BCUT2D eigenvalue weighted by Gasteiger charge is -1.97. The second kappa shape index (κ2) is 4.43. The van der Waals surface area contributed by atoms with Crippen LogP contribution < -0.4 is 5.32 Å². The zero-order chi connectivity index (χ0) is 11.7. The van der Waals surface area contributed by atoms with Gasteiger partial charge < -0.3 is 9.73 Å². The Morgan fingerprint density at radius 3 is 2.69 bits per heavy atom. The van der Waals surface area contributed by atoms with Gasteiger partial charge in [0, 0.05) is 4.88 Å². The van der Waals surface area contributed by atoms with E-state index < -0.39 is 0 Å². The third-order valence-corrected chi connectivity index (χ3v) is 3.69. The maximum atomic E-state index is 11.7. The van der Waals surface area contributed by atoms with Gasteiger partial charge in [-0.05, 0) is 53.5 Å². The van der Waals surface area contributed by atoms with E-state index in [1.807, 2.05) is 19.9 Å². The number of carbonyl (C=O) groups is 1. The van der Waals surface area contributed by atoms with Crippen LogP contribution in [0.5, 0.6) is 0 Å². The maximum absolute atomic E-state index is 11.7. The first-order chi connectivity index (χ1) is 7.56. The molecular weight excluding hydrogens is 290 g/mol. The van der Waals surface area contributed by atoms with Gasteiger partial charge in [-0.3, -0.25) is 4.79 Å². The smallest absolute Gasteiger partial charge is 0.292 e. The average molecular weight is 300 g/mol. The zero-order valence-corrected chi connectivity index (χ0v) is 11.2. The summed E-state index contributed by atoms with van der Waals surface area (Å²) in [7, 11) is 0. The number of amides is 1. The van der Waals surface area contributed by atoms with Crippen molar-refractivity contribution in [3.8, 4) is 0 Å². The first-order valence-corrected chi connectivity index (χ1v) is 6.31. The molecule has 0 saturated heterocycles. The van der Waals surface area contributed by atoms with E-state index in [0.29, 0.717) is 10.4 Å². The number of carbonyl (C=O) groups excluding carboxylic acids is 1. The van der Waals surface area contributed by atoms with Crippen molar-refractivity contribution in [2.24, 2.45) is 0 Å². The molecule has 0 radical (unpaired) electrons. The molecule has 0 atom stereocenters. The van der Waals surface area contributed by atoms with Gasteiger partial charge in [-0.1, -0.05) is 0 Å². The molecule has 0 aliphatic carbocycles. The predicted molar refractivity (Wildman–Crippen MR) is 68.2 cm³/mol. The Balaban J connectivity index is 2.13. The third kappa shape index (κ3) is 2.36. The normalized spacial score (nSPS) is 10.4. The Morgan fingerprint density at radius 1 is 1.44 bits per heavy atom. The molecule has 0 spiro atoms. The molecule has 2 heterocycles. The summed E-state index contributed by atoms with van der Waals surface area (Å²) in [4.78, 5) is 12.9. The van der Waals surface area contributed by atoms with Gasteiger partial charge in [0.05, 0.1) is 5.00 Å². The van der Waals surface area contributed by atoms with Crippen LogP contribution in [0.1, 0.15) is 21.0 Å². The fourth-order valence-corrected chi connectivity index (χ4v) is 2.48. The Hall–Kier alpha value is -1.07. The van der Waals surface area contributed by atoms with Gasteiger partial charge in [-0.2, -0.15) is 0 Å². The summed E-state index contributed by atoms with van der Waals surface area (Å²) in [6.07, 6.45) is 0. The fraction of sp³-hybridized carbons (Fsp3) is 0.182. The lowest BCUT2D eigenvalue weighted by atomic mass is 10.3. The van der Waals surface area contributed by atoms with E-state index in [1.54, 1.807) is 23.5 Å². The summed E-state index contributed by atoms with van der Waals surface area (Å²) in [5, 5.41) is 3.64. The van der Waals surface area contributed by atoms with E-state index in [1.165, 1.54) is 10.4 Å². The summed E-state index contributed by atoms with van der Waals surface area (Å²) in [6, 6.07) is 5.28. The Kier molecular flexibility index (Phi) is 3.16. The van der Waals surface area contributed by atoms with Gasteiger partial charge in [0.15, 0.2) is 10.4 Å². The van der Waals surface area contributed by atoms with Crippen LogP contribution >= 0.6 is 27.3 Å². The van der Waals surface area contributed by atoms with E-state index in [9.17, 15) is 4.79 Å². The lowest BCUT2D eigenvalue weighted by Crippen LogP contribution is -2.09. The highest BCUT2D eigenvalue weighted by Gasteiger charge is 2.12. The van der Waals surface area contributed by atoms with Crippen molar-refractivity contribution < 1.29 is 9.21 Å². The molecule has 1 N–H and O–H groups in total. The number of rotatable bonds is 2. The predicted octanol–water partition coefficient (Wildman–Crippen LogP) is 3.97. The molecule has 2 rings (SSSR count). The van der Waals surface area contributed by atoms with Crippen LogP contribution in [0.25, 0.3) is 0 Å². The lowest BCUT2D eigenvalue weighted by molar-refractivity contribution is 0.0996. The molecule has 2 aromatic heterocycles. The standard InChI is InChI=1S/C11H10BrNO2S/c1-6-5-10(16-7(6)2)13-11(14)8-3-4-9(12)15-8/h3-5H,1-2H3,(H,13,14). The quantitative estimate of drug-likeness (QED) is 0.911. The second-order valence-corrected chi connectivity index (χ2v) is 5.45. The van der Waals surface area contributed by atoms with Crippen molar-refractivity contribution >= 4 is 38.2 Å². The van der Waals surface area contributed by atoms with E-state index in [-0.39, 0.29) is 5.91 Å². The molecule has 0 fully saturated rings. The molecule has 0 bridgehead atoms. The SMILES string of the molecule is Cc1cc(NC(=O)c2ccc(Br)o2)sc1C. The summed E-state index contributed by atoms with van der Waals surface area (Å²) in [6.45, 7) is 4.05. The van der Waals surface area contributed by atoms with Gasteiger partial charge in [0.25, 0.3) is 5.91 Å². The van der Waals surface area contributed by atoms with Crippen LogP contribution in [0.4, 0.5) is 5.00 Å². The number of halogens is 1. The topological polar surface area (TPSA) is 42.2 Å². The van der Waals surface area contributed by atoms with Crippen LogP contribution in [0.2, 0.25) is 0 Å². The van der Waals surface area contributed by atoms with Gasteiger partial charge in [-0.15, -0.1) is 11.3 Å². The van der Waals surface area contributed by atoms with E-state index >= 15 is 0 Å². The van der Waals surface area contributed by atoms with Crippen molar-refractivity contribution in [3.63, 3.8) is 0 Å². The van der Waals surface area contributed by atoms with Crippen LogP contribution in [0.15, 0.2) is 27.3 Å².